The zero-order valence-corrected chi connectivity index (χ0v) is 9.55. The van der Waals surface area contributed by atoms with Crippen LogP contribution in [0.1, 0.15) is 52.9 Å². The lowest BCUT2D eigenvalue weighted by atomic mass is 9.90. The summed E-state index contributed by atoms with van der Waals surface area (Å²) in [7, 11) is 0. The molecule has 1 heterocycles. The van der Waals surface area contributed by atoms with E-state index in [1.165, 1.54) is 45.2 Å². The largest absolute Gasteiger partial charge is 0.300 e. The average Bonchev–Trinajstić information content (AvgIpc) is 2.12. The summed E-state index contributed by atoms with van der Waals surface area (Å²) in [5.74, 6) is 0.908. The van der Waals surface area contributed by atoms with Gasteiger partial charge in [-0.2, -0.15) is 0 Å². The third kappa shape index (κ3) is 2.98. The van der Waals surface area contributed by atoms with Gasteiger partial charge in [0.15, 0.2) is 0 Å². The minimum atomic E-state index is 0.852. The van der Waals surface area contributed by atoms with Crippen molar-refractivity contribution in [2.75, 3.05) is 13.1 Å². The van der Waals surface area contributed by atoms with Gasteiger partial charge >= 0.3 is 0 Å². The van der Waals surface area contributed by atoms with Crippen LogP contribution in [0.15, 0.2) is 0 Å². The van der Waals surface area contributed by atoms with E-state index in [0.29, 0.717) is 0 Å². The predicted octanol–water partition coefficient (Wildman–Crippen LogP) is 3.30. The monoisotopic (exact) mass is 183 g/mol. The minimum Gasteiger partial charge on any atom is -0.300 e. The summed E-state index contributed by atoms with van der Waals surface area (Å²) in [6.45, 7) is 9.65. The van der Waals surface area contributed by atoms with Crippen molar-refractivity contribution in [3.63, 3.8) is 0 Å². The molecule has 2 atom stereocenters. The number of hydrogen-bond donors (Lipinski definition) is 0. The summed E-state index contributed by atoms with van der Waals surface area (Å²) >= 11 is 0. The van der Waals surface area contributed by atoms with Gasteiger partial charge in [-0.1, -0.05) is 33.6 Å². The van der Waals surface area contributed by atoms with Gasteiger partial charge in [0.2, 0.25) is 0 Å². The molecule has 1 rings (SSSR count). The summed E-state index contributed by atoms with van der Waals surface area (Å²) in [4.78, 5) is 2.68. The molecule has 0 saturated carbocycles. The SMILES string of the molecule is CCC1[C@H](C)CCCCCN1CC. The molecule has 0 aromatic carbocycles. The van der Waals surface area contributed by atoms with Crippen molar-refractivity contribution in [3.8, 4) is 0 Å². The van der Waals surface area contributed by atoms with Crippen LogP contribution in [0.4, 0.5) is 0 Å². The molecular weight excluding hydrogens is 158 g/mol. The topological polar surface area (TPSA) is 3.24 Å². The van der Waals surface area contributed by atoms with Gasteiger partial charge in [0.05, 0.1) is 0 Å². The fourth-order valence-electron chi connectivity index (χ4n) is 2.73. The molecule has 0 aromatic rings. The molecule has 1 saturated heterocycles. The second-order valence-corrected chi connectivity index (χ2v) is 4.43. The Hall–Kier alpha value is -0.0400. The highest BCUT2D eigenvalue weighted by atomic mass is 15.1. The van der Waals surface area contributed by atoms with Crippen LogP contribution in [0.2, 0.25) is 0 Å². The van der Waals surface area contributed by atoms with Crippen molar-refractivity contribution >= 4 is 0 Å². The van der Waals surface area contributed by atoms with Crippen molar-refractivity contribution in [1.29, 1.82) is 0 Å². The third-order valence-corrected chi connectivity index (χ3v) is 3.56. The Balaban J connectivity index is 2.55. The molecule has 0 bridgehead atoms. The van der Waals surface area contributed by atoms with Gasteiger partial charge in [0.1, 0.15) is 0 Å². The maximum absolute atomic E-state index is 2.68. The van der Waals surface area contributed by atoms with E-state index in [1.54, 1.807) is 0 Å². The first-order chi connectivity index (χ1) is 6.29. The van der Waals surface area contributed by atoms with Crippen LogP contribution in [0, 0.1) is 5.92 Å². The highest BCUT2D eigenvalue weighted by Gasteiger charge is 2.22. The van der Waals surface area contributed by atoms with Crippen molar-refractivity contribution in [2.24, 2.45) is 5.92 Å². The average molecular weight is 183 g/mol. The van der Waals surface area contributed by atoms with Crippen molar-refractivity contribution < 1.29 is 0 Å². The molecule has 0 spiro atoms. The van der Waals surface area contributed by atoms with E-state index in [0.717, 1.165) is 12.0 Å². The van der Waals surface area contributed by atoms with Crippen LogP contribution in [-0.2, 0) is 0 Å². The van der Waals surface area contributed by atoms with E-state index in [4.69, 9.17) is 0 Å². The Morgan fingerprint density at radius 1 is 1.15 bits per heavy atom. The van der Waals surface area contributed by atoms with Crippen LogP contribution in [-0.4, -0.2) is 24.0 Å². The van der Waals surface area contributed by atoms with Crippen LogP contribution in [0.25, 0.3) is 0 Å². The Bertz CT molecular complexity index is 133. The molecule has 0 radical (unpaired) electrons. The Labute approximate surface area is 83.5 Å². The van der Waals surface area contributed by atoms with Crippen molar-refractivity contribution in [1.82, 2.24) is 4.90 Å². The van der Waals surface area contributed by atoms with E-state index in [1.807, 2.05) is 0 Å². The fourth-order valence-corrected chi connectivity index (χ4v) is 2.73. The van der Waals surface area contributed by atoms with Crippen LogP contribution < -0.4 is 0 Å². The lowest BCUT2D eigenvalue weighted by Crippen LogP contribution is -2.40. The van der Waals surface area contributed by atoms with Crippen LogP contribution in [0.3, 0.4) is 0 Å². The third-order valence-electron chi connectivity index (χ3n) is 3.56. The van der Waals surface area contributed by atoms with E-state index in [9.17, 15) is 0 Å². The summed E-state index contributed by atoms with van der Waals surface area (Å²) in [6.07, 6.45) is 7.08. The minimum absolute atomic E-state index is 0.852. The maximum atomic E-state index is 2.68. The standard InChI is InChI=1S/C12H25N/c1-4-12-11(3)9-7-6-8-10-13(12)5-2/h11-12H,4-10H2,1-3H3/t11-,12?/m1/s1. The van der Waals surface area contributed by atoms with Gasteiger partial charge in [0, 0.05) is 6.04 Å². The zero-order valence-electron chi connectivity index (χ0n) is 9.55. The van der Waals surface area contributed by atoms with Gasteiger partial charge < -0.3 is 4.90 Å². The van der Waals surface area contributed by atoms with E-state index in [-0.39, 0.29) is 0 Å². The lowest BCUT2D eigenvalue weighted by molar-refractivity contribution is 0.129. The molecule has 1 heteroatoms. The molecule has 1 nitrogen and oxygen atoms in total. The maximum Gasteiger partial charge on any atom is 0.0118 e. The molecule has 1 aliphatic rings. The van der Waals surface area contributed by atoms with E-state index >= 15 is 0 Å². The van der Waals surface area contributed by atoms with Gasteiger partial charge in [-0.25, -0.2) is 0 Å². The highest BCUT2D eigenvalue weighted by Crippen LogP contribution is 2.23. The number of rotatable bonds is 2. The predicted molar refractivity (Wildman–Crippen MR) is 59.0 cm³/mol. The smallest absolute Gasteiger partial charge is 0.0118 e. The Morgan fingerprint density at radius 2 is 1.92 bits per heavy atom. The molecule has 78 valence electrons. The van der Waals surface area contributed by atoms with Gasteiger partial charge in [-0.05, 0) is 38.3 Å². The van der Waals surface area contributed by atoms with Gasteiger partial charge in [-0.3, -0.25) is 0 Å². The fraction of sp³-hybridized carbons (Fsp3) is 1.00. The molecule has 1 aliphatic heterocycles. The van der Waals surface area contributed by atoms with Crippen molar-refractivity contribution in [3.05, 3.63) is 0 Å². The normalized spacial score (nSPS) is 32.5. The van der Waals surface area contributed by atoms with Crippen LogP contribution in [0.5, 0.6) is 0 Å². The Kier molecular flexibility index (Phi) is 4.79. The molecule has 1 unspecified atom stereocenters. The molecule has 0 aliphatic carbocycles. The molecule has 0 amide bonds. The Morgan fingerprint density at radius 3 is 2.54 bits per heavy atom. The first kappa shape index (κ1) is 11.0. The molecular formula is C12H25N. The van der Waals surface area contributed by atoms with Gasteiger partial charge in [0.25, 0.3) is 0 Å². The zero-order chi connectivity index (χ0) is 9.68. The number of likely N-dealkylation sites (tertiary alicyclic amines) is 1. The van der Waals surface area contributed by atoms with Crippen LogP contribution >= 0.6 is 0 Å². The first-order valence-corrected chi connectivity index (χ1v) is 6.03. The van der Waals surface area contributed by atoms with E-state index in [2.05, 4.69) is 25.7 Å². The number of hydrogen-bond acceptors (Lipinski definition) is 1. The first-order valence-electron chi connectivity index (χ1n) is 6.03. The van der Waals surface area contributed by atoms with Gasteiger partial charge in [-0.15, -0.1) is 0 Å². The quantitative estimate of drug-likeness (QED) is 0.635. The lowest BCUT2D eigenvalue weighted by Gasteiger charge is -2.36. The molecule has 1 fully saturated rings. The summed E-state index contributed by atoms with van der Waals surface area (Å²) < 4.78 is 0. The summed E-state index contributed by atoms with van der Waals surface area (Å²) in [5.41, 5.74) is 0. The highest BCUT2D eigenvalue weighted by molar-refractivity contribution is 4.77. The molecule has 13 heavy (non-hydrogen) atoms. The molecule has 0 aromatic heterocycles. The number of nitrogens with zero attached hydrogens (tertiary/aromatic N) is 1. The second kappa shape index (κ2) is 5.64. The molecule has 0 N–H and O–H groups in total. The second-order valence-electron chi connectivity index (χ2n) is 4.43. The summed E-state index contributed by atoms with van der Waals surface area (Å²) in [6, 6.07) is 0.852. The van der Waals surface area contributed by atoms with E-state index < -0.39 is 0 Å². The summed E-state index contributed by atoms with van der Waals surface area (Å²) in [5, 5.41) is 0. The van der Waals surface area contributed by atoms with Crippen molar-refractivity contribution in [2.45, 2.75) is 58.9 Å².